The van der Waals surface area contributed by atoms with Crippen LogP contribution in [0.5, 0.6) is 0 Å². The average Bonchev–Trinajstić information content (AvgIpc) is 2.78. The molecule has 2 heterocycles. The number of halogens is 3. The van der Waals surface area contributed by atoms with Gasteiger partial charge >= 0.3 is 18.1 Å². The molecule has 0 saturated carbocycles. The van der Waals surface area contributed by atoms with Gasteiger partial charge < -0.3 is 4.74 Å². The molecule has 2 amide bonds. The third-order valence-electron chi connectivity index (χ3n) is 3.40. The van der Waals surface area contributed by atoms with Crippen LogP contribution in [0.3, 0.4) is 0 Å². The summed E-state index contributed by atoms with van der Waals surface area (Å²) in [6.07, 6.45) is -5.63. The normalized spacial score (nSPS) is 13.9. The van der Waals surface area contributed by atoms with Crippen LogP contribution in [-0.2, 0) is 32.0 Å². The van der Waals surface area contributed by atoms with Gasteiger partial charge in [0.2, 0.25) is 5.91 Å². The molecule has 24 heavy (non-hydrogen) atoms. The number of hydrogen-bond donors (Lipinski definition) is 0. The van der Waals surface area contributed by atoms with Crippen molar-refractivity contribution in [2.45, 2.75) is 39.3 Å². The van der Waals surface area contributed by atoms with Crippen molar-refractivity contribution in [2.75, 3.05) is 11.5 Å². The minimum atomic E-state index is -5.18. The van der Waals surface area contributed by atoms with Gasteiger partial charge in [-0.15, -0.1) is 0 Å². The van der Waals surface area contributed by atoms with Crippen LogP contribution in [0, 0.1) is 6.92 Å². The van der Waals surface area contributed by atoms with Crippen molar-refractivity contribution in [3.05, 3.63) is 23.0 Å². The van der Waals surface area contributed by atoms with Crippen LogP contribution >= 0.6 is 0 Å². The number of anilines is 1. The molecule has 0 bridgehead atoms. The molecule has 0 aliphatic carbocycles. The highest BCUT2D eigenvalue weighted by molar-refractivity contribution is 6.21. The number of esters is 1. The van der Waals surface area contributed by atoms with E-state index in [9.17, 15) is 27.6 Å². The van der Waals surface area contributed by atoms with Crippen molar-refractivity contribution in [3.8, 4) is 0 Å². The maximum atomic E-state index is 12.8. The van der Waals surface area contributed by atoms with Gasteiger partial charge in [0.15, 0.2) is 0 Å². The largest absolute Gasteiger partial charge is 0.472 e. The van der Waals surface area contributed by atoms with Crippen LogP contribution in [0.4, 0.5) is 18.9 Å². The Kier molecular flexibility index (Phi) is 4.91. The maximum absolute atomic E-state index is 12.8. The van der Waals surface area contributed by atoms with Gasteiger partial charge in [-0.1, -0.05) is 0 Å². The second-order valence-electron chi connectivity index (χ2n) is 5.23. The summed E-state index contributed by atoms with van der Waals surface area (Å²) in [5, 5.41) is 0. The Balaban J connectivity index is 2.39. The van der Waals surface area contributed by atoms with Crippen LogP contribution in [0.15, 0.2) is 6.07 Å². The fourth-order valence-electron chi connectivity index (χ4n) is 2.55. The zero-order valence-corrected chi connectivity index (χ0v) is 13.1. The molecule has 2 rings (SSSR count). The number of aromatic nitrogens is 1. The van der Waals surface area contributed by atoms with E-state index < -0.39 is 24.0 Å². The summed E-state index contributed by atoms with van der Waals surface area (Å²) < 4.78 is 43.0. The standard InChI is InChI=1S/C15H15F3N2O4/c1-3-24-12(22)5-4-10-13-9(6-8(2)19-10)7-11(21)20(13)14(23)15(16,17)18/h6H,3-5,7H2,1-2H3. The quantitative estimate of drug-likeness (QED) is 0.780. The summed E-state index contributed by atoms with van der Waals surface area (Å²) in [7, 11) is 0. The predicted octanol–water partition coefficient (Wildman–Crippen LogP) is 1.86. The van der Waals surface area contributed by atoms with Crippen molar-refractivity contribution in [1.29, 1.82) is 0 Å². The van der Waals surface area contributed by atoms with Crippen LogP contribution < -0.4 is 4.90 Å². The van der Waals surface area contributed by atoms with Gasteiger partial charge in [-0.3, -0.25) is 19.4 Å². The fraction of sp³-hybridized carbons (Fsp3) is 0.467. The number of carbonyl (C=O) groups is 3. The third-order valence-corrected chi connectivity index (χ3v) is 3.40. The van der Waals surface area contributed by atoms with Gasteiger partial charge in [0.05, 0.1) is 30.8 Å². The lowest BCUT2D eigenvalue weighted by Crippen LogP contribution is -2.43. The zero-order chi connectivity index (χ0) is 18.1. The molecule has 9 heteroatoms. The van der Waals surface area contributed by atoms with Crippen LogP contribution in [0.1, 0.15) is 30.3 Å². The Morgan fingerprint density at radius 3 is 2.62 bits per heavy atom. The number of nitrogens with zero attached hydrogens (tertiary/aromatic N) is 2. The van der Waals surface area contributed by atoms with E-state index in [-0.39, 0.29) is 42.2 Å². The summed E-state index contributed by atoms with van der Waals surface area (Å²) in [6.45, 7) is 3.42. The Morgan fingerprint density at radius 2 is 2.04 bits per heavy atom. The van der Waals surface area contributed by atoms with E-state index in [0.29, 0.717) is 11.3 Å². The van der Waals surface area contributed by atoms with Crippen molar-refractivity contribution < 1.29 is 32.3 Å². The molecule has 0 unspecified atom stereocenters. The number of aryl methyl sites for hydroxylation is 2. The first kappa shape index (κ1) is 17.9. The van der Waals surface area contributed by atoms with Crippen LogP contribution in [0.25, 0.3) is 0 Å². The van der Waals surface area contributed by atoms with Crippen LogP contribution in [0.2, 0.25) is 0 Å². The molecular weight excluding hydrogens is 329 g/mol. The molecule has 1 aliphatic heterocycles. The summed E-state index contributed by atoms with van der Waals surface area (Å²) in [4.78, 5) is 39.2. The van der Waals surface area contributed by atoms with Gasteiger partial charge in [0.25, 0.3) is 0 Å². The Morgan fingerprint density at radius 1 is 1.38 bits per heavy atom. The topological polar surface area (TPSA) is 76.6 Å². The number of carbonyl (C=O) groups excluding carboxylic acids is 3. The number of amides is 2. The lowest BCUT2D eigenvalue weighted by Gasteiger charge is -2.19. The first-order chi connectivity index (χ1) is 11.1. The highest BCUT2D eigenvalue weighted by atomic mass is 19.4. The SMILES string of the molecule is CCOC(=O)CCc1nc(C)cc2c1N(C(=O)C(F)(F)F)C(=O)C2. The predicted molar refractivity (Wildman–Crippen MR) is 76.2 cm³/mol. The fourth-order valence-corrected chi connectivity index (χ4v) is 2.55. The first-order valence-electron chi connectivity index (χ1n) is 7.24. The number of pyridine rings is 1. The number of ether oxygens (including phenoxy) is 1. The van der Waals surface area contributed by atoms with Crippen molar-refractivity contribution in [3.63, 3.8) is 0 Å². The molecule has 0 aromatic carbocycles. The average molecular weight is 344 g/mol. The molecule has 6 nitrogen and oxygen atoms in total. The smallest absolute Gasteiger partial charge is 0.466 e. The molecule has 0 spiro atoms. The molecule has 1 aliphatic rings. The Hall–Kier alpha value is -2.45. The maximum Gasteiger partial charge on any atom is 0.472 e. The number of rotatable bonds is 4. The molecule has 130 valence electrons. The number of fused-ring (bicyclic) bond motifs is 1. The molecule has 1 aromatic rings. The lowest BCUT2D eigenvalue weighted by atomic mass is 10.1. The number of hydrogen-bond acceptors (Lipinski definition) is 5. The van der Waals surface area contributed by atoms with E-state index in [4.69, 9.17) is 4.74 Å². The zero-order valence-electron chi connectivity index (χ0n) is 13.1. The molecular formula is C15H15F3N2O4. The second-order valence-corrected chi connectivity index (χ2v) is 5.23. The molecule has 0 radical (unpaired) electrons. The molecule has 0 saturated heterocycles. The van der Waals surface area contributed by atoms with Gasteiger partial charge in [-0.25, -0.2) is 4.90 Å². The Bertz CT molecular complexity index is 701. The first-order valence-corrected chi connectivity index (χ1v) is 7.24. The van der Waals surface area contributed by atoms with Crippen molar-refractivity contribution in [2.24, 2.45) is 0 Å². The molecule has 0 fully saturated rings. The van der Waals surface area contributed by atoms with Gasteiger partial charge in [-0.2, -0.15) is 13.2 Å². The Labute approximate surface area is 135 Å². The number of alkyl halides is 3. The molecule has 1 aromatic heterocycles. The van der Waals surface area contributed by atoms with Gasteiger partial charge in [-0.05, 0) is 25.5 Å². The van der Waals surface area contributed by atoms with Gasteiger partial charge in [0.1, 0.15) is 0 Å². The van der Waals surface area contributed by atoms with Crippen molar-refractivity contribution >= 4 is 23.5 Å². The second kappa shape index (κ2) is 6.58. The third kappa shape index (κ3) is 3.55. The summed E-state index contributed by atoms with van der Waals surface area (Å²) in [6, 6.07) is 1.46. The van der Waals surface area contributed by atoms with E-state index in [1.165, 1.54) is 6.07 Å². The summed E-state index contributed by atoms with van der Waals surface area (Å²) >= 11 is 0. The minimum absolute atomic E-state index is 0.0300. The van der Waals surface area contributed by atoms with E-state index >= 15 is 0 Å². The van der Waals surface area contributed by atoms with E-state index in [0.717, 1.165) is 0 Å². The van der Waals surface area contributed by atoms with Gasteiger partial charge in [0, 0.05) is 12.1 Å². The summed E-state index contributed by atoms with van der Waals surface area (Å²) in [5.74, 6) is -3.75. The highest BCUT2D eigenvalue weighted by Crippen LogP contribution is 2.36. The molecule has 0 atom stereocenters. The van der Waals surface area contributed by atoms with E-state index in [2.05, 4.69) is 4.98 Å². The minimum Gasteiger partial charge on any atom is -0.466 e. The monoisotopic (exact) mass is 344 g/mol. The lowest BCUT2D eigenvalue weighted by molar-refractivity contribution is -0.171. The highest BCUT2D eigenvalue weighted by Gasteiger charge is 2.48. The summed E-state index contributed by atoms with van der Waals surface area (Å²) in [5.41, 5.74) is 0.712. The van der Waals surface area contributed by atoms with E-state index in [1.54, 1.807) is 13.8 Å². The number of imide groups is 1. The van der Waals surface area contributed by atoms with Crippen molar-refractivity contribution in [1.82, 2.24) is 4.98 Å². The van der Waals surface area contributed by atoms with Crippen LogP contribution in [-0.4, -0.2) is 35.6 Å². The van der Waals surface area contributed by atoms with E-state index in [1.807, 2.05) is 0 Å². The molecule has 0 N–H and O–H groups in total.